The lowest BCUT2D eigenvalue weighted by molar-refractivity contribution is -0.143. The maximum atomic E-state index is 12.0. The first-order chi connectivity index (χ1) is 9.08. The quantitative estimate of drug-likeness (QED) is 0.764. The summed E-state index contributed by atoms with van der Waals surface area (Å²) >= 11 is 0. The van der Waals surface area contributed by atoms with Crippen LogP contribution in [0.4, 0.5) is 4.79 Å². The Labute approximate surface area is 114 Å². The molecule has 1 aliphatic heterocycles. The number of hydrogen-bond donors (Lipinski definition) is 2. The van der Waals surface area contributed by atoms with Gasteiger partial charge in [0, 0.05) is 20.2 Å². The van der Waals surface area contributed by atoms with Gasteiger partial charge in [0.25, 0.3) is 0 Å². The molecular formula is C13H24N2O4. The minimum Gasteiger partial charge on any atom is -0.481 e. The Hall–Kier alpha value is -1.30. The highest BCUT2D eigenvalue weighted by Crippen LogP contribution is 2.17. The molecule has 6 nitrogen and oxygen atoms in total. The Morgan fingerprint density at radius 3 is 2.53 bits per heavy atom. The van der Waals surface area contributed by atoms with Crippen LogP contribution in [-0.4, -0.2) is 54.9 Å². The normalized spacial score (nSPS) is 18.1. The summed E-state index contributed by atoms with van der Waals surface area (Å²) in [6.07, 6.45) is 2.93. The molecule has 19 heavy (non-hydrogen) atoms. The number of carbonyl (C=O) groups excluding carboxylic acids is 1. The van der Waals surface area contributed by atoms with Gasteiger partial charge in [-0.3, -0.25) is 4.79 Å². The second-order valence-corrected chi connectivity index (χ2v) is 4.99. The minimum atomic E-state index is -0.761. The van der Waals surface area contributed by atoms with E-state index in [4.69, 9.17) is 9.84 Å². The largest absolute Gasteiger partial charge is 0.481 e. The minimum absolute atomic E-state index is 0.0275. The van der Waals surface area contributed by atoms with Crippen molar-refractivity contribution in [3.63, 3.8) is 0 Å². The molecule has 0 aromatic rings. The van der Waals surface area contributed by atoms with Crippen LogP contribution in [0.5, 0.6) is 0 Å². The third-order valence-electron chi connectivity index (χ3n) is 3.46. The van der Waals surface area contributed by atoms with E-state index in [-0.39, 0.29) is 18.0 Å². The summed E-state index contributed by atoms with van der Waals surface area (Å²) in [7, 11) is 1.62. The lowest BCUT2D eigenvalue weighted by Crippen LogP contribution is -2.49. The smallest absolute Gasteiger partial charge is 0.317 e. The molecule has 6 heteroatoms. The van der Waals surface area contributed by atoms with Crippen molar-refractivity contribution >= 4 is 12.0 Å². The number of likely N-dealkylation sites (tertiary alicyclic amines) is 1. The molecular weight excluding hydrogens is 248 g/mol. The van der Waals surface area contributed by atoms with Gasteiger partial charge in [-0.05, 0) is 19.3 Å². The maximum Gasteiger partial charge on any atom is 0.317 e. The van der Waals surface area contributed by atoms with Crippen LogP contribution in [-0.2, 0) is 9.53 Å². The Bertz CT molecular complexity index is 295. The van der Waals surface area contributed by atoms with Crippen molar-refractivity contribution in [2.24, 2.45) is 5.92 Å². The van der Waals surface area contributed by atoms with E-state index >= 15 is 0 Å². The molecule has 1 aliphatic rings. The monoisotopic (exact) mass is 272 g/mol. The van der Waals surface area contributed by atoms with Crippen LogP contribution in [0.2, 0.25) is 0 Å². The van der Waals surface area contributed by atoms with Crippen molar-refractivity contribution < 1.29 is 19.4 Å². The van der Waals surface area contributed by atoms with Crippen LogP contribution in [0.3, 0.4) is 0 Å². The van der Waals surface area contributed by atoms with Crippen molar-refractivity contribution in [1.29, 1.82) is 0 Å². The summed E-state index contributed by atoms with van der Waals surface area (Å²) in [6.45, 7) is 3.58. The van der Waals surface area contributed by atoms with Gasteiger partial charge in [0.05, 0.1) is 18.6 Å². The van der Waals surface area contributed by atoms with Crippen LogP contribution in [0.15, 0.2) is 0 Å². The second kappa shape index (κ2) is 7.99. The zero-order valence-electron chi connectivity index (χ0n) is 11.7. The highest BCUT2D eigenvalue weighted by Gasteiger charge is 2.27. The Balaban J connectivity index is 2.39. The SMILES string of the molecule is CCCC(COC)NC(=O)N1CCC(C(=O)O)CC1. The summed E-state index contributed by atoms with van der Waals surface area (Å²) in [5.74, 6) is -1.07. The predicted molar refractivity (Wildman–Crippen MR) is 71.0 cm³/mol. The van der Waals surface area contributed by atoms with Gasteiger partial charge in [0.2, 0.25) is 0 Å². The van der Waals surface area contributed by atoms with Gasteiger partial charge >= 0.3 is 12.0 Å². The molecule has 0 bridgehead atoms. The summed E-state index contributed by atoms with van der Waals surface area (Å²) in [5, 5.41) is 11.9. The van der Waals surface area contributed by atoms with Crippen LogP contribution in [0, 0.1) is 5.92 Å². The Morgan fingerprint density at radius 2 is 2.05 bits per heavy atom. The molecule has 1 heterocycles. The van der Waals surface area contributed by atoms with Crippen LogP contribution >= 0.6 is 0 Å². The number of carboxylic acids is 1. The molecule has 110 valence electrons. The molecule has 0 aliphatic carbocycles. The average Bonchev–Trinajstić information content (AvgIpc) is 2.39. The van der Waals surface area contributed by atoms with E-state index in [1.165, 1.54) is 0 Å². The first kappa shape index (κ1) is 15.8. The first-order valence-electron chi connectivity index (χ1n) is 6.85. The number of piperidine rings is 1. The van der Waals surface area contributed by atoms with E-state index in [0.29, 0.717) is 32.5 Å². The van der Waals surface area contributed by atoms with E-state index in [1.54, 1.807) is 12.0 Å². The van der Waals surface area contributed by atoms with E-state index in [2.05, 4.69) is 12.2 Å². The van der Waals surface area contributed by atoms with Crippen molar-refractivity contribution in [1.82, 2.24) is 10.2 Å². The van der Waals surface area contributed by atoms with Crippen LogP contribution in [0.25, 0.3) is 0 Å². The summed E-state index contributed by atoms with van der Waals surface area (Å²) in [5.41, 5.74) is 0. The number of carbonyl (C=O) groups is 2. The van der Waals surface area contributed by atoms with Gasteiger partial charge in [0.1, 0.15) is 0 Å². The third-order valence-corrected chi connectivity index (χ3v) is 3.46. The van der Waals surface area contributed by atoms with Gasteiger partial charge in [-0.1, -0.05) is 13.3 Å². The number of ether oxygens (including phenoxy) is 1. The van der Waals surface area contributed by atoms with Gasteiger partial charge in [-0.15, -0.1) is 0 Å². The summed E-state index contributed by atoms with van der Waals surface area (Å²) < 4.78 is 5.08. The van der Waals surface area contributed by atoms with E-state index in [1.807, 2.05) is 0 Å². The van der Waals surface area contributed by atoms with Crippen molar-refractivity contribution in [3.8, 4) is 0 Å². The molecule has 2 amide bonds. The van der Waals surface area contributed by atoms with E-state index < -0.39 is 5.97 Å². The number of hydrogen-bond acceptors (Lipinski definition) is 3. The lowest BCUT2D eigenvalue weighted by Gasteiger charge is -2.31. The molecule has 0 aromatic heterocycles. The fourth-order valence-electron chi connectivity index (χ4n) is 2.34. The van der Waals surface area contributed by atoms with Crippen molar-refractivity contribution in [3.05, 3.63) is 0 Å². The van der Waals surface area contributed by atoms with Crippen LogP contribution in [0.1, 0.15) is 32.6 Å². The van der Waals surface area contributed by atoms with Gasteiger partial charge in [-0.2, -0.15) is 0 Å². The number of carboxylic acid groups (broad SMARTS) is 1. The number of nitrogens with zero attached hydrogens (tertiary/aromatic N) is 1. The van der Waals surface area contributed by atoms with Crippen molar-refractivity contribution in [2.45, 2.75) is 38.6 Å². The molecule has 1 rings (SSSR count). The van der Waals surface area contributed by atoms with Crippen molar-refractivity contribution in [2.75, 3.05) is 26.8 Å². The molecule has 1 fully saturated rings. The number of amides is 2. The summed E-state index contributed by atoms with van der Waals surface area (Å²) in [6, 6.07) is -0.0842. The molecule has 0 saturated carbocycles. The zero-order chi connectivity index (χ0) is 14.3. The fraction of sp³-hybridized carbons (Fsp3) is 0.846. The van der Waals surface area contributed by atoms with Crippen LogP contribution < -0.4 is 5.32 Å². The number of aliphatic carboxylic acids is 1. The topological polar surface area (TPSA) is 78.9 Å². The predicted octanol–water partition coefficient (Wildman–Crippen LogP) is 1.31. The number of rotatable bonds is 6. The Kier molecular flexibility index (Phi) is 6.62. The number of nitrogens with one attached hydrogen (secondary N) is 1. The highest BCUT2D eigenvalue weighted by molar-refractivity contribution is 5.75. The number of urea groups is 1. The number of methoxy groups -OCH3 is 1. The average molecular weight is 272 g/mol. The molecule has 1 atom stereocenters. The highest BCUT2D eigenvalue weighted by atomic mass is 16.5. The van der Waals surface area contributed by atoms with Gasteiger partial charge in [0.15, 0.2) is 0 Å². The van der Waals surface area contributed by atoms with E-state index in [9.17, 15) is 9.59 Å². The molecule has 2 N–H and O–H groups in total. The molecule has 0 aromatic carbocycles. The molecule has 0 spiro atoms. The standard InChI is InChI=1S/C13H24N2O4/c1-3-4-11(9-19-2)14-13(18)15-7-5-10(6-8-15)12(16)17/h10-11H,3-9H2,1-2H3,(H,14,18)(H,16,17). The lowest BCUT2D eigenvalue weighted by atomic mass is 9.97. The second-order valence-electron chi connectivity index (χ2n) is 4.99. The maximum absolute atomic E-state index is 12.0. The Morgan fingerprint density at radius 1 is 1.42 bits per heavy atom. The summed E-state index contributed by atoms with van der Waals surface area (Å²) in [4.78, 5) is 24.6. The van der Waals surface area contributed by atoms with E-state index in [0.717, 1.165) is 12.8 Å². The third kappa shape index (κ3) is 5.06. The van der Waals surface area contributed by atoms with Gasteiger partial charge in [-0.25, -0.2) is 4.79 Å². The molecule has 0 radical (unpaired) electrons. The van der Waals surface area contributed by atoms with Gasteiger partial charge < -0.3 is 20.1 Å². The molecule has 1 saturated heterocycles. The fourth-order valence-corrected chi connectivity index (χ4v) is 2.34. The molecule has 1 unspecified atom stereocenters. The zero-order valence-corrected chi connectivity index (χ0v) is 11.7. The first-order valence-corrected chi connectivity index (χ1v) is 6.85.